The van der Waals surface area contributed by atoms with Crippen LogP contribution < -0.4 is 0 Å². The molecule has 2 amide bonds. The average Bonchev–Trinajstić information content (AvgIpc) is 2.95. The average molecular weight is 343 g/mol. The highest BCUT2D eigenvalue weighted by Crippen LogP contribution is 2.43. The zero-order valence-electron chi connectivity index (χ0n) is 15.4. The molecule has 0 bridgehead atoms. The molecule has 1 saturated carbocycles. The van der Waals surface area contributed by atoms with Crippen LogP contribution in [-0.2, 0) is 16.0 Å². The highest BCUT2D eigenvalue weighted by Gasteiger charge is 2.49. The summed E-state index contributed by atoms with van der Waals surface area (Å²) in [6.07, 6.45) is 8.73. The maximum atomic E-state index is 13.1. The van der Waals surface area contributed by atoms with E-state index in [-0.39, 0.29) is 23.4 Å². The molecule has 2 aliphatic rings. The summed E-state index contributed by atoms with van der Waals surface area (Å²) in [7, 11) is 0. The van der Waals surface area contributed by atoms with Crippen molar-refractivity contribution in [2.24, 2.45) is 0 Å². The monoisotopic (exact) mass is 343 g/mol. The molecule has 1 spiro atoms. The van der Waals surface area contributed by atoms with Gasteiger partial charge in [-0.2, -0.15) is 0 Å². The number of amides is 2. The van der Waals surface area contributed by atoms with Gasteiger partial charge in [-0.1, -0.05) is 25.3 Å². The van der Waals surface area contributed by atoms with Gasteiger partial charge in [-0.05, 0) is 38.3 Å². The predicted molar refractivity (Wildman–Crippen MR) is 96.9 cm³/mol. The lowest BCUT2D eigenvalue weighted by Crippen LogP contribution is -2.49. The molecular formula is C20H29N3O2. The van der Waals surface area contributed by atoms with Gasteiger partial charge in [-0.15, -0.1) is 0 Å². The fraction of sp³-hybridized carbons (Fsp3) is 0.650. The van der Waals surface area contributed by atoms with Crippen molar-refractivity contribution in [3.63, 3.8) is 0 Å². The lowest BCUT2D eigenvalue weighted by molar-refractivity contribution is -0.136. The summed E-state index contributed by atoms with van der Waals surface area (Å²) in [4.78, 5) is 33.4. The van der Waals surface area contributed by atoms with E-state index in [2.05, 4.69) is 9.88 Å². The van der Waals surface area contributed by atoms with E-state index in [1.807, 2.05) is 30.0 Å². The molecule has 5 heteroatoms. The van der Waals surface area contributed by atoms with Gasteiger partial charge < -0.3 is 9.80 Å². The molecule has 1 atom stereocenters. The SMILES string of the molecule is CCN(C(C)=O)C1CN(C(=O)Cc2ccccn2)C2(CCCCC2)C1. The molecule has 1 aliphatic carbocycles. The van der Waals surface area contributed by atoms with E-state index in [1.165, 1.54) is 19.3 Å². The Hall–Kier alpha value is -1.91. The van der Waals surface area contributed by atoms with Crippen molar-refractivity contribution in [3.05, 3.63) is 30.1 Å². The van der Waals surface area contributed by atoms with Gasteiger partial charge >= 0.3 is 0 Å². The standard InChI is InChI=1S/C20H29N3O2/c1-3-22(16(2)24)18-14-20(10-6-4-7-11-20)23(15-18)19(25)13-17-9-5-8-12-21-17/h5,8-9,12,18H,3-4,6-7,10-11,13-15H2,1-2H3. The predicted octanol–water partition coefficient (Wildman–Crippen LogP) is 2.80. The third-order valence-corrected chi connectivity index (χ3v) is 5.91. The van der Waals surface area contributed by atoms with E-state index in [9.17, 15) is 9.59 Å². The quantitative estimate of drug-likeness (QED) is 0.845. The Balaban J connectivity index is 1.81. The van der Waals surface area contributed by atoms with Gasteiger partial charge in [-0.3, -0.25) is 14.6 Å². The molecular weight excluding hydrogens is 314 g/mol. The van der Waals surface area contributed by atoms with Crippen molar-refractivity contribution in [1.82, 2.24) is 14.8 Å². The largest absolute Gasteiger partial charge is 0.338 e. The molecule has 0 aromatic carbocycles. The Morgan fingerprint density at radius 1 is 1.28 bits per heavy atom. The van der Waals surface area contributed by atoms with Crippen LogP contribution >= 0.6 is 0 Å². The third-order valence-electron chi connectivity index (χ3n) is 5.91. The van der Waals surface area contributed by atoms with Crippen molar-refractivity contribution >= 4 is 11.8 Å². The fourth-order valence-corrected chi connectivity index (χ4v) is 4.77. The summed E-state index contributed by atoms with van der Waals surface area (Å²) in [6.45, 7) is 5.03. The Kier molecular flexibility index (Phi) is 5.40. The summed E-state index contributed by atoms with van der Waals surface area (Å²) < 4.78 is 0. The van der Waals surface area contributed by atoms with E-state index in [0.717, 1.165) is 25.0 Å². The fourth-order valence-electron chi connectivity index (χ4n) is 4.77. The topological polar surface area (TPSA) is 53.5 Å². The number of carbonyl (C=O) groups excluding carboxylic acids is 2. The molecule has 0 radical (unpaired) electrons. The number of carbonyl (C=O) groups is 2. The zero-order chi connectivity index (χ0) is 17.9. The third kappa shape index (κ3) is 3.70. The maximum absolute atomic E-state index is 13.1. The lowest BCUT2D eigenvalue weighted by Gasteiger charge is -2.41. The number of rotatable bonds is 4. The number of likely N-dealkylation sites (N-methyl/N-ethyl adjacent to an activating group) is 1. The highest BCUT2D eigenvalue weighted by atomic mass is 16.2. The van der Waals surface area contributed by atoms with Gasteiger partial charge in [0.05, 0.1) is 12.5 Å². The van der Waals surface area contributed by atoms with Crippen LogP contribution in [0.3, 0.4) is 0 Å². The maximum Gasteiger partial charge on any atom is 0.229 e. The second kappa shape index (κ2) is 7.54. The Labute approximate surface area is 150 Å². The van der Waals surface area contributed by atoms with Gasteiger partial charge in [0.1, 0.15) is 0 Å². The van der Waals surface area contributed by atoms with E-state index in [1.54, 1.807) is 13.1 Å². The molecule has 2 fully saturated rings. The van der Waals surface area contributed by atoms with Crippen LogP contribution in [0.25, 0.3) is 0 Å². The summed E-state index contributed by atoms with van der Waals surface area (Å²) in [6, 6.07) is 5.85. The van der Waals surface area contributed by atoms with Crippen molar-refractivity contribution in [2.45, 2.75) is 70.4 Å². The van der Waals surface area contributed by atoms with Crippen LogP contribution in [-0.4, -0.2) is 51.3 Å². The van der Waals surface area contributed by atoms with Gasteiger partial charge in [0.25, 0.3) is 0 Å². The minimum atomic E-state index is -0.0579. The van der Waals surface area contributed by atoms with Crippen molar-refractivity contribution in [3.8, 4) is 0 Å². The molecule has 2 heterocycles. The Morgan fingerprint density at radius 2 is 2.04 bits per heavy atom. The number of pyridine rings is 1. The number of nitrogens with zero attached hydrogens (tertiary/aromatic N) is 3. The highest BCUT2D eigenvalue weighted by molar-refractivity contribution is 5.80. The Bertz CT molecular complexity index is 611. The molecule has 25 heavy (non-hydrogen) atoms. The van der Waals surface area contributed by atoms with E-state index >= 15 is 0 Å². The van der Waals surface area contributed by atoms with E-state index in [4.69, 9.17) is 0 Å². The second-order valence-corrected chi connectivity index (χ2v) is 7.45. The van der Waals surface area contributed by atoms with Crippen LogP contribution in [0.2, 0.25) is 0 Å². The van der Waals surface area contributed by atoms with Crippen molar-refractivity contribution in [2.75, 3.05) is 13.1 Å². The summed E-state index contributed by atoms with van der Waals surface area (Å²) in [5, 5.41) is 0. The first kappa shape index (κ1) is 17.9. The van der Waals surface area contributed by atoms with Crippen LogP contribution in [0.1, 0.15) is 58.1 Å². The van der Waals surface area contributed by atoms with Gasteiger partial charge in [0, 0.05) is 37.4 Å². The first-order chi connectivity index (χ1) is 12.1. The van der Waals surface area contributed by atoms with Crippen LogP contribution in [0.15, 0.2) is 24.4 Å². The first-order valence-electron chi connectivity index (χ1n) is 9.53. The summed E-state index contributed by atoms with van der Waals surface area (Å²) in [5.74, 6) is 0.264. The molecule has 5 nitrogen and oxygen atoms in total. The molecule has 136 valence electrons. The van der Waals surface area contributed by atoms with Gasteiger partial charge in [-0.25, -0.2) is 0 Å². The van der Waals surface area contributed by atoms with E-state index in [0.29, 0.717) is 19.5 Å². The molecule has 1 aromatic rings. The van der Waals surface area contributed by atoms with Crippen LogP contribution in [0, 0.1) is 0 Å². The van der Waals surface area contributed by atoms with Gasteiger partial charge in [0.15, 0.2) is 0 Å². The zero-order valence-corrected chi connectivity index (χ0v) is 15.4. The van der Waals surface area contributed by atoms with E-state index < -0.39 is 0 Å². The summed E-state index contributed by atoms with van der Waals surface area (Å²) >= 11 is 0. The second-order valence-electron chi connectivity index (χ2n) is 7.45. The van der Waals surface area contributed by atoms with Crippen molar-refractivity contribution in [1.29, 1.82) is 0 Å². The number of hydrogen-bond donors (Lipinski definition) is 0. The number of aromatic nitrogens is 1. The molecule has 1 saturated heterocycles. The molecule has 1 aliphatic heterocycles. The normalized spacial score (nSPS) is 22.2. The molecule has 0 N–H and O–H groups in total. The molecule has 1 unspecified atom stereocenters. The number of likely N-dealkylation sites (tertiary alicyclic amines) is 1. The van der Waals surface area contributed by atoms with Crippen LogP contribution in [0.5, 0.6) is 0 Å². The minimum Gasteiger partial charge on any atom is -0.338 e. The van der Waals surface area contributed by atoms with Gasteiger partial charge in [0.2, 0.25) is 11.8 Å². The Morgan fingerprint density at radius 3 is 2.64 bits per heavy atom. The van der Waals surface area contributed by atoms with Crippen molar-refractivity contribution < 1.29 is 9.59 Å². The first-order valence-corrected chi connectivity index (χ1v) is 9.53. The molecule has 1 aromatic heterocycles. The lowest BCUT2D eigenvalue weighted by atomic mass is 9.79. The molecule has 3 rings (SSSR count). The number of hydrogen-bond acceptors (Lipinski definition) is 3. The minimum absolute atomic E-state index is 0.0579. The smallest absolute Gasteiger partial charge is 0.229 e. The van der Waals surface area contributed by atoms with Crippen LogP contribution in [0.4, 0.5) is 0 Å². The summed E-state index contributed by atoms with van der Waals surface area (Å²) in [5.41, 5.74) is 0.762.